The molecule has 2 aromatic heterocycles. The number of aromatic nitrogens is 2. The minimum Gasteiger partial charge on any atom is -0.352 e. The van der Waals surface area contributed by atoms with E-state index in [4.69, 9.17) is 12.2 Å². The Morgan fingerprint density at radius 3 is 2.45 bits per heavy atom. The largest absolute Gasteiger partial charge is 0.352 e. The number of nitrogens with zero attached hydrogens (tertiary/aromatic N) is 3. The van der Waals surface area contributed by atoms with E-state index in [9.17, 15) is 4.79 Å². The van der Waals surface area contributed by atoms with E-state index in [1.54, 1.807) is 0 Å². The van der Waals surface area contributed by atoms with Gasteiger partial charge in [0.1, 0.15) is 0 Å². The van der Waals surface area contributed by atoms with Gasteiger partial charge in [0, 0.05) is 42.8 Å². The number of hydrogen-bond acceptors (Lipinski definition) is 3. The molecule has 1 fully saturated rings. The van der Waals surface area contributed by atoms with E-state index < -0.39 is 0 Å². The van der Waals surface area contributed by atoms with E-state index >= 15 is 0 Å². The fraction of sp³-hybridized carbons (Fsp3) is 0.258. The maximum atomic E-state index is 12.9. The standard InChI is InChI=1S/C31H33N5OS/c1-21-12-14-25(15-13-21)33-28(37)16-18-35-30(29(34-31(35)38)27-11-7-8-17-32-27)26-19-22(2)36(23(26)3)20-24-9-5-4-6-10-24/h4-15,17,19,29-30H,16,18,20H2,1-3H3,(H,33,37)(H,34,38). The van der Waals surface area contributed by atoms with Crippen molar-refractivity contribution in [2.24, 2.45) is 0 Å². The van der Waals surface area contributed by atoms with Gasteiger partial charge in [-0.25, -0.2) is 0 Å². The Morgan fingerprint density at radius 1 is 1.00 bits per heavy atom. The zero-order valence-electron chi connectivity index (χ0n) is 22.0. The molecule has 7 heteroatoms. The molecule has 0 aliphatic carbocycles. The number of carbonyl (C=O) groups excluding carboxylic acids is 1. The minimum absolute atomic E-state index is 0.0359. The van der Waals surface area contributed by atoms with Crippen molar-refractivity contribution in [1.82, 2.24) is 19.8 Å². The van der Waals surface area contributed by atoms with Gasteiger partial charge in [0.25, 0.3) is 0 Å². The quantitative estimate of drug-likeness (QED) is 0.283. The SMILES string of the molecule is Cc1ccc(NC(=O)CCN2C(=S)NC(c3ccccn3)C2c2cc(C)n(Cc3ccccc3)c2C)cc1. The lowest BCUT2D eigenvalue weighted by atomic mass is 9.96. The third kappa shape index (κ3) is 5.48. The predicted molar refractivity (Wildman–Crippen MR) is 156 cm³/mol. The second-order valence-electron chi connectivity index (χ2n) is 9.88. The summed E-state index contributed by atoms with van der Waals surface area (Å²) in [4.78, 5) is 19.7. The topological polar surface area (TPSA) is 62.2 Å². The molecule has 1 aliphatic rings. The first kappa shape index (κ1) is 25.7. The lowest BCUT2D eigenvalue weighted by molar-refractivity contribution is -0.116. The van der Waals surface area contributed by atoms with Crippen molar-refractivity contribution in [3.05, 3.63) is 119 Å². The Balaban J connectivity index is 1.42. The molecule has 2 atom stereocenters. The van der Waals surface area contributed by atoms with Crippen LogP contribution in [0.25, 0.3) is 0 Å². The molecule has 38 heavy (non-hydrogen) atoms. The van der Waals surface area contributed by atoms with Gasteiger partial charge in [-0.15, -0.1) is 0 Å². The fourth-order valence-corrected chi connectivity index (χ4v) is 5.54. The predicted octanol–water partition coefficient (Wildman–Crippen LogP) is 5.86. The molecule has 2 unspecified atom stereocenters. The van der Waals surface area contributed by atoms with Crippen LogP contribution in [0.2, 0.25) is 0 Å². The molecule has 0 spiro atoms. The van der Waals surface area contributed by atoms with Gasteiger partial charge < -0.3 is 20.1 Å². The van der Waals surface area contributed by atoms with E-state index in [0.29, 0.717) is 18.1 Å². The van der Waals surface area contributed by atoms with Gasteiger partial charge in [0.05, 0.1) is 17.8 Å². The number of anilines is 1. The maximum absolute atomic E-state index is 12.9. The van der Waals surface area contributed by atoms with Gasteiger partial charge in [0.2, 0.25) is 5.91 Å². The Morgan fingerprint density at radius 2 is 1.74 bits per heavy atom. The number of pyridine rings is 1. The first-order chi connectivity index (χ1) is 18.4. The Labute approximate surface area is 229 Å². The third-order valence-electron chi connectivity index (χ3n) is 7.23. The first-order valence-electron chi connectivity index (χ1n) is 13.0. The lowest BCUT2D eigenvalue weighted by Gasteiger charge is -2.28. The highest BCUT2D eigenvalue weighted by atomic mass is 32.1. The van der Waals surface area contributed by atoms with Crippen molar-refractivity contribution in [3.8, 4) is 0 Å². The van der Waals surface area contributed by atoms with Crippen molar-refractivity contribution < 1.29 is 4.79 Å². The molecule has 1 aliphatic heterocycles. The summed E-state index contributed by atoms with van der Waals surface area (Å²) in [6, 6.07) is 26.3. The van der Waals surface area contributed by atoms with Crippen LogP contribution in [0.4, 0.5) is 5.69 Å². The molecule has 0 saturated carbocycles. The number of hydrogen-bond donors (Lipinski definition) is 2. The summed E-state index contributed by atoms with van der Waals surface area (Å²) in [7, 11) is 0. The molecule has 3 heterocycles. The number of rotatable bonds is 8. The second-order valence-corrected chi connectivity index (χ2v) is 10.3. The van der Waals surface area contributed by atoms with Crippen LogP contribution in [0, 0.1) is 20.8 Å². The summed E-state index contributed by atoms with van der Waals surface area (Å²) in [6.07, 6.45) is 2.14. The summed E-state index contributed by atoms with van der Waals surface area (Å²) in [5, 5.41) is 7.16. The first-order valence-corrected chi connectivity index (χ1v) is 13.4. The van der Waals surface area contributed by atoms with Crippen molar-refractivity contribution in [3.63, 3.8) is 0 Å². The van der Waals surface area contributed by atoms with Crippen LogP contribution in [0.15, 0.2) is 85.1 Å². The number of carbonyl (C=O) groups is 1. The van der Waals surface area contributed by atoms with Crippen molar-refractivity contribution in [1.29, 1.82) is 0 Å². The third-order valence-corrected chi connectivity index (χ3v) is 7.58. The van der Waals surface area contributed by atoms with E-state index in [0.717, 1.165) is 23.5 Å². The second kappa shape index (κ2) is 11.2. The van der Waals surface area contributed by atoms with Gasteiger partial charge >= 0.3 is 0 Å². The highest BCUT2D eigenvalue weighted by Crippen LogP contribution is 2.41. The lowest BCUT2D eigenvalue weighted by Crippen LogP contribution is -2.33. The molecule has 0 radical (unpaired) electrons. The maximum Gasteiger partial charge on any atom is 0.226 e. The van der Waals surface area contributed by atoms with Crippen LogP contribution in [-0.2, 0) is 11.3 Å². The molecular formula is C31H33N5OS. The molecule has 1 saturated heterocycles. The van der Waals surface area contributed by atoms with Crippen LogP contribution in [-0.4, -0.2) is 32.0 Å². The molecule has 1 amide bonds. The number of benzene rings is 2. The Hall–Kier alpha value is -3.97. The molecular weight excluding hydrogens is 490 g/mol. The van der Waals surface area contributed by atoms with Crippen molar-refractivity contribution >= 4 is 28.9 Å². The van der Waals surface area contributed by atoms with E-state index in [-0.39, 0.29) is 18.0 Å². The van der Waals surface area contributed by atoms with E-state index in [1.807, 2.05) is 61.7 Å². The molecule has 194 valence electrons. The van der Waals surface area contributed by atoms with Gasteiger partial charge in [-0.2, -0.15) is 0 Å². The van der Waals surface area contributed by atoms with Crippen LogP contribution in [0.5, 0.6) is 0 Å². The number of amides is 1. The van der Waals surface area contributed by atoms with Crippen molar-refractivity contribution in [2.75, 3.05) is 11.9 Å². The number of thiocarbonyl (C=S) groups is 1. The highest BCUT2D eigenvalue weighted by molar-refractivity contribution is 7.80. The zero-order chi connectivity index (χ0) is 26.6. The van der Waals surface area contributed by atoms with Gasteiger partial charge in [-0.05, 0) is 74.4 Å². The summed E-state index contributed by atoms with van der Waals surface area (Å²) in [6.45, 7) is 7.65. The van der Waals surface area contributed by atoms with Gasteiger partial charge in [0.15, 0.2) is 5.11 Å². The van der Waals surface area contributed by atoms with Crippen LogP contribution in [0.3, 0.4) is 0 Å². The van der Waals surface area contributed by atoms with Crippen molar-refractivity contribution in [2.45, 2.75) is 45.8 Å². The average molecular weight is 524 g/mol. The number of nitrogens with one attached hydrogen (secondary N) is 2. The number of aryl methyl sites for hydroxylation is 2. The summed E-state index contributed by atoms with van der Waals surface area (Å²) < 4.78 is 2.35. The highest BCUT2D eigenvalue weighted by Gasteiger charge is 2.41. The summed E-state index contributed by atoms with van der Waals surface area (Å²) in [5.74, 6) is -0.0359. The minimum atomic E-state index is -0.116. The molecule has 4 aromatic rings. The Kier molecular flexibility index (Phi) is 7.56. The summed E-state index contributed by atoms with van der Waals surface area (Å²) in [5.41, 5.74) is 7.72. The monoisotopic (exact) mass is 523 g/mol. The smallest absolute Gasteiger partial charge is 0.226 e. The van der Waals surface area contributed by atoms with Crippen LogP contribution in [0.1, 0.15) is 52.3 Å². The van der Waals surface area contributed by atoms with Crippen LogP contribution >= 0.6 is 12.2 Å². The average Bonchev–Trinajstić information content (AvgIpc) is 3.40. The fourth-order valence-electron chi connectivity index (χ4n) is 5.20. The van der Waals surface area contributed by atoms with E-state index in [1.165, 1.54) is 22.5 Å². The van der Waals surface area contributed by atoms with E-state index in [2.05, 4.69) is 69.3 Å². The molecule has 0 bridgehead atoms. The van der Waals surface area contributed by atoms with Crippen LogP contribution < -0.4 is 10.6 Å². The summed E-state index contributed by atoms with van der Waals surface area (Å²) >= 11 is 5.83. The van der Waals surface area contributed by atoms with Gasteiger partial charge in [-0.1, -0.05) is 54.1 Å². The zero-order valence-corrected chi connectivity index (χ0v) is 22.8. The molecule has 5 rings (SSSR count). The molecule has 2 aromatic carbocycles. The normalized spacial score (nSPS) is 16.9. The molecule has 6 nitrogen and oxygen atoms in total. The molecule has 2 N–H and O–H groups in total. The Bertz CT molecular complexity index is 1420. The van der Waals surface area contributed by atoms with Gasteiger partial charge in [-0.3, -0.25) is 9.78 Å².